The Bertz CT molecular complexity index is 802. The van der Waals surface area contributed by atoms with Crippen molar-refractivity contribution in [2.75, 3.05) is 20.3 Å². The number of fused-ring (bicyclic) bond motifs is 1. The van der Waals surface area contributed by atoms with E-state index in [2.05, 4.69) is 10.3 Å². The summed E-state index contributed by atoms with van der Waals surface area (Å²) in [6.07, 6.45) is 3.97. The molecule has 1 aromatic heterocycles. The molecular weight excluding hydrogens is 332 g/mol. The number of hydrogen-bond acceptors (Lipinski definition) is 5. The third kappa shape index (κ3) is 3.24. The van der Waals surface area contributed by atoms with Crippen molar-refractivity contribution in [3.8, 4) is 11.6 Å². The number of carbonyl (C=O) groups is 1. The summed E-state index contributed by atoms with van der Waals surface area (Å²) in [6.45, 7) is 1.37. The smallest absolute Gasteiger partial charge is 0.252 e. The van der Waals surface area contributed by atoms with E-state index in [-0.39, 0.29) is 17.6 Å². The Morgan fingerprint density at radius 1 is 1.27 bits per heavy atom. The number of nitrogens with zero attached hydrogens (tertiary/aromatic N) is 1. The number of nitrogens with one attached hydrogen (secondary N) is 1. The quantitative estimate of drug-likeness (QED) is 0.918. The lowest BCUT2D eigenvalue weighted by atomic mass is 9.82. The van der Waals surface area contributed by atoms with Crippen LogP contribution in [-0.2, 0) is 4.74 Å². The molecule has 1 amide bonds. The van der Waals surface area contributed by atoms with Gasteiger partial charge in [-0.15, -0.1) is 0 Å². The highest BCUT2D eigenvalue weighted by molar-refractivity contribution is 5.94. The fraction of sp³-hybridized carbons (Fsp3) is 0.400. The Labute approximate surface area is 152 Å². The number of hydrogen-bond donors (Lipinski definition) is 1. The molecule has 0 bridgehead atoms. The van der Waals surface area contributed by atoms with Crippen LogP contribution in [0, 0.1) is 0 Å². The molecule has 2 aliphatic heterocycles. The number of aromatic nitrogens is 1. The summed E-state index contributed by atoms with van der Waals surface area (Å²) in [4.78, 5) is 16.9. The van der Waals surface area contributed by atoms with Crippen molar-refractivity contribution in [1.82, 2.24) is 10.3 Å². The second kappa shape index (κ2) is 6.96. The first kappa shape index (κ1) is 16.8. The monoisotopic (exact) mass is 354 g/mol. The topological polar surface area (TPSA) is 69.7 Å². The molecule has 1 aromatic carbocycles. The SMILES string of the molecule is COc1cc(C(=O)N[C@@H]2CC3(CCOCC3)Oc3ccccc32)ccn1. The molecule has 26 heavy (non-hydrogen) atoms. The van der Waals surface area contributed by atoms with Crippen LogP contribution in [0.3, 0.4) is 0 Å². The molecule has 2 aliphatic rings. The Hall–Kier alpha value is -2.60. The second-order valence-corrected chi connectivity index (χ2v) is 6.75. The molecule has 3 heterocycles. The Kier molecular flexibility index (Phi) is 4.51. The van der Waals surface area contributed by atoms with Gasteiger partial charge >= 0.3 is 0 Å². The van der Waals surface area contributed by atoms with E-state index >= 15 is 0 Å². The first-order valence-corrected chi connectivity index (χ1v) is 8.86. The van der Waals surface area contributed by atoms with Gasteiger partial charge in [0.05, 0.1) is 26.4 Å². The van der Waals surface area contributed by atoms with E-state index in [0.717, 1.165) is 30.6 Å². The van der Waals surface area contributed by atoms with E-state index in [0.29, 0.717) is 24.7 Å². The molecule has 0 aliphatic carbocycles. The van der Waals surface area contributed by atoms with Crippen LogP contribution < -0.4 is 14.8 Å². The van der Waals surface area contributed by atoms with Crippen LogP contribution in [0.4, 0.5) is 0 Å². The summed E-state index contributed by atoms with van der Waals surface area (Å²) in [5.41, 5.74) is 1.27. The first-order chi connectivity index (χ1) is 12.7. The zero-order valence-corrected chi connectivity index (χ0v) is 14.7. The van der Waals surface area contributed by atoms with Crippen molar-refractivity contribution in [2.45, 2.75) is 30.9 Å². The van der Waals surface area contributed by atoms with Crippen molar-refractivity contribution in [3.63, 3.8) is 0 Å². The lowest BCUT2D eigenvalue weighted by molar-refractivity contribution is -0.0639. The lowest BCUT2D eigenvalue weighted by Crippen LogP contribution is -2.48. The Morgan fingerprint density at radius 3 is 2.88 bits per heavy atom. The number of carbonyl (C=O) groups excluding carboxylic acids is 1. The van der Waals surface area contributed by atoms with Gasteiger partial charge in [-0.3, -0.25) is 4.79 Å². The molecule has 136 valence electrons. The maximum atomic E-state index is 12.8. The summed E-state index contributed by atoms with van der Waals surface area (Å²) in [5, 5.41) is 3.17. The minimum Gasteiger partial charge on any atom is -0.487 e. The van der Waals surface area contributed by atoms with Gasteiger partial charge in [0.15, 0.2) is 0 Å². The van der Waals surface area contributed by atoms with Gasteiger partial charge in [-0.2, -0.15) is 0 Å². The normalized spacial score (nSPS) is 20.7. The van der Waals surface area contributed by atoms with Crippen LogP contribution in [0.2, 0.25) is 0 Å². The van der Waals surface area contributed by atoms with Gasteiger partial charge < -0.3 is 19.5 Å². The predicted octanol–water partition coefficient (Wildman–Crippen LogP) is 2.89. The van der Waals surface area contributed by atoms with Gasteiger partial charge in [-0.25, -0.2) is 4.98 Å². The molecule has 2 aromatic rings. The fourth-order valence-electron chi connectivity index (χ4n) is 3.70. The molecule has 1 saturated heterocycles. The van der Waals surface area contributed by atoms with Gasteiger partial charge in [0.25, 0.3) is 5.91 Å². The largest absolute Gasteiger partial charge is 0.487 e. The Morgan fingerprint density at radius 2 is 2.08 bits per heavy atom. The summed E-state index contributed by atoms with van der Waals surface area (Å²) in [7, 11) is 1.54. The van der Waals surface area contributed by atoms with Crippen LogP contribution in [0.5, 0.6) is 11.6 Å². The van der Waals surface area contributed by atoms with E-state index in [1.807, 2.05) is 24.3 Å². The highest BCUT2D eigenvalue weighted by Crippen LogP contribution is 2.43. The number of methoxy groups -OCH3 is 1. The zero-order valence-electron chi connectivity index (χ0n) is 14.7. The third-order valence-corrected chi connectivity index (χ3v) is 5.11. The van der Waals surface area contributed by atoms with Crippen molar-refractivity contribution in [1.29, 1.82) is 0 Å². The zero-order chi connectivity index (χ0) is 18.0. The van der Waals surface area contributed by atoms with Crippen molar-refractivity contribution >= 4 is 5.91 Å². The highest BCUT2D eigenvalue weighted by atomic mass is 16.5. The summed E-state index contributed by atoms with van der Waals surface area (Å²) >= 11 is 0. The molecule has 1 fully saturated rings. The third-order valence-electron chi connectivity index (χ3n) is 5.11. The Balaban J connectivity index is 1.60. The molecule has 0 saturated carbocycles. The minimum absolute atomic E-state index is 0.107. The maximum Gasteiger partial charge on any atom is 0.252 e. The van der Waals surface area contributed by atoms with Crippen LogP contribution in [0.1, 0.15) is 41.2 Å². The number of rotatable bonds is 3. The van der Waals surface area contributed by atoms with E-state index in [1.54, 1.807) is 18.3 Å². The van der Waals surface area contributed by atoms with Crippen LogP contribution in [-0.4, -0.2) is 36.8 Å². The predicted molar refractivity (Wildman–Crippen MR) is 95.5 cm³/mol. The van der Waals surface area contributed by atoms with Gasteiger partial charge in [-0.1, -0.05) is 18.2 Å². The maximum absolute atomic E-state index is 12.8. The average molecular weight is 354 g/mol. The first-order valence-electron chi connectivity index (χ1n) is 8.86. The number of pyridine rings is 1. The summed E-state index contributed by atoms with van der Waals surface area (Å²) in [5.74, 6) is 1.12. The molecule has 6 heteroatoms. The molecule has 0 radical (unpaired) electrons. The number of ether oxygens (including phenoxy) is 3. The van der Waals surface area contributed by atoms with Crippen LogP contribution in [0.25, 0.3) is 0 Å². The summed E-state index contributed by atoms with van der Waals surface area (Å²) in [6, 6.07) is 11.1. The van der Waals surface area contributed by atoms with Crippen LogP contribution >= 0.6 is 0 Å². The fourth-order valence-corrected chi connectivity index (χ4v) is 3.70. The molecule has 0 unspecified atom stereocenters. The molecule has 1 N–H and O–H groups in total. The molecule has 1 atom stereocenters. The van der Waals surface area contributed by atoms with E-state index in [4.69, 9.17) is 14.2 Å². The number of para-hydroxylation sites is 1. The lowest BCUT2D eigenvalue weighted by Gasteiger charge is -2.44. The van der Waals surface area contributed by atoms with Gasteiger partial charge in [0, 0.05) is 42.7 Å². The molecule has 1 spiro atoms. The standard InChI is InChI=1S/C20H22N2O4/c1-24-18-12-14(6-9-21-18)19(23)22-16-13-20(7-10-25-11-8-20)26-17-5-3-2-4-15(16)17/h2-6,9,12,16H,7-8,10-11,13H2,1H3,(H,22,23)/t16-/m1/s1. The molecule has 6 nitrogen and oxygen atoms in total. The van der Waals surface area contributed by atoms with E-state index < -0.39 is 0 Å². The summed E-state index contributed by atoms with van der Waals surface area (Å²) < 4.78 is 17.0. The van der Waals surface area contributed by atoms with E-state index in [9.17, 15) is 4.79 Å². The van der Waals surface area contributed by atoms with Crippen molar-refractivity contribution in [3.05, 3.63) is 53.7 Å². The highest BCUT2D eigenvalue weighted by Gasteiger charge is 2.42. The van der Waals surface area contributed by atoms with Gasteiger partial charge in [0.1, 0.15) is 11.4 Å². The van der Waals surface area contributed by atoms with Crippen molar-refractivity contribution < 1.29 is 19.0 Å². The van der Waals surface area contributed by atoms with Gasteiger partial charge in [0.2, 0.25) is 5.88 Å². The van der Waals surface area contributed by atoms with Gasteiger partial charge in [-0.05, 0) is 12.1 Å². The average Bonchev–Trinajstić information content (AvgIpc) is 2.68. The minimum atomic E-state index is -0.277. The molecule has 4 rings (SSSR count). The molecular formula is C20H22N2O4. The number of benzene rings is 1. The van der Waals surface area contributed by atoms with Crippen LogP contribution in [0.15, 0.2) is 42.6 Å². The van der Waals surface area contributed by atoms with E-state index in [1.165, 1.54) is 7.11 Å². The second-order valence-electron chi connectivity index (χ2n) is 6.75. The van der Waals surface area contributed by atoms with Crippen molar-refractivity contribution in [2.24, 2.45) is 0 Å². The number of amides is 1.